The van der Waals surface area contributed by atoms with Gasteiger partial charge in [-0.1, -0.05) is 0 Å². The van der Waals surface area contributed by atoms with Crippen molar-refractivity contribution in [3.05, 3.63) is 23.8 Å². The largest absolute Gasteiger partial charge is 0.454 e. The summed E-state index contributed by atoms with van der Waals surface area (Å²) in [5.74, 6) is 1.64. The normalized spacial score (nSPS) is 33.2. The van der Waals surface area contributed by atoms with E-state index >= 15 is 0 Å². The summed E-state index contributed by atoms with van der Waals surface area (Å²) in [7, 11) is 2.14. The molecule has 4 aliphatic heterocycles. The van der Waals surface area contributed by atoms with Gasteiger partial charge in [-0.3, -0.25) is 4.79 Å². The van der Waals surface area contributed by atoms with Crippen LogP contribution in [-0.4, -0.2) is 82.2 Å². The molecule has 1 aromatic carbocycles. The topological polar surface area (TPSA) is 81.2 Å². The number of nitrogens with one attached hydrogen (secondary N) is 4. The molecule has 4 N–H and O–H groups in total. The first-order chi connectivity index (χ1) is 14.5. The molecule has 0 aromatic heterocycles. The molecule has 0 saturated carbocycles. The first kappa shape index (κ1) is 19.6. The molecule has 9 nitrogen and oxygen atoms in total. The van der Waals surface area contributed by atoms with E-state index in [0.717, 1.165) is 70.2 Å². The predicted molar refractivity (Wildman–Crippen MR) is 106 cm³/mol. The molecular formula is C21H32N5O4+3. The van der Waals surface area contributed by atoms with Crippen LogP contribution in [0, 0.1) is 0 Å². The maximum Gasteiger partial charge on any atom is 0.329 e. The number of piperazine rings is 1. The number of quaternary nitrogens is 3. The van der Waals surface area contributed by atoms with E-state index in [1.165, 1.54) is 25.2 Å². The molecule has 9 heteroatoms. The smallest absolute Gasteiger partial charge is 0.329 e. The fraction of sp³-hybridized carbons (Fsp3) is 0.619. The number of nitrogens with zero attached hydrogens (tertiary/aromatic N) is 1. The highest BCUT2D eigenvalue weighted by Crippen LogP contribution is 2.32. The highest BCUT2D eigenvalue weighted by molar-refractivity contribution is 6.06. The van der Waals surface area contributed by atoms with Crippen LogP contribution < -0.4 is 29.5 Å². The summed E-state index contributed by atoms with van der Waals surface area (Å²) in [6.45, 7) is 7.53. The molecule has 162 valence electrons. The third-order valence-electron chi connectivity index (χ3n) is 7.14. The van der Waals surface area contributed by atoms with Crippen molar-refractivity contribution in [1.82, 2.24) is 10.2 Å². The minimum atomic E-state index is -0.650. The van der Waals surface area contributed by atoms with Crippen LogP contribution in [0.15, 0.2) is 18.2 Å². The number of likely N-dealkylation sites (tertiary alicyclic amines) is 1. The van der Waals surface area contributed by atoms with Gasteiger partial charge in [-0.05, 0) is 18.2 Å². The highest BCUT2D eigenvalue weighted by atomic mass is 16.7. The highest BCUT2D eigenvalue weighted by Gasteiger charge is 2.54. The zero-order chi connectivity index (χ0) is 20.7. The fourth-order valence-electron chi connectivity index (χ4n) is 5.12. The predicted octanol–water partition coefficient (Wildman–Crippen LogP) is -3.74. The summed E-state index contributed by atoms with van der Waals surface area (Å²) >= 11 is 0. The molecule has 3 amide bonds. The second kappa shape index (κ2) is 7.72. The molecule has 0 radical (unpaired) electrons. The Morgan fingerprint density at radius 1 is 1.00 bits per heavy atom. The summed E-state index contributed by atoms with van der Waals surface area (Å²) in [5, 5.41) is 3.02. The number of rotatable bonds is 4. The Kier molecular flexibility index (Phi) is 5.04. The molecule has 3 fully saturated rings. The van der Waals surface area contributed by atoms with Crippen LogP contribution in [0.3, 0.4) is 0 Å². The standard InChI is InChI=1S/C21H29N5O4/c1-23-6-4-21(5-7-23)19(27)26(20(28)22-21)14-25-10-8-24(9-11-25)13-16-2-3-17-18(12-16)30-15-29-17/h2-3,12H,4-11,13-15H2,1H3,(H,22,28)/p+3. The monoisotopic (exact) mass is 418 g/mol. The lowest BCUT2D eigenvalue weighted by molar-refractivity contribution is -1.02. The Bertz CT molecular complexity index is 831. The van der Waals surface area contributed by atoms with Gasteiger partial charge in [0.2, 0.25) is 6.79 Å². The average molecular weight is 419 g/mol. The summed E-state index contributed by atoms with van der Waals surface area (Å²) in [6, 6.07) is 5.96. The van der Waals surface area contributed by atoms with Crippen LogP contribution in [0.2, 0.25) is 0 Å². The minimum Gasteiger partial charge on any atom is -0.454 e. The van der Waals surface area contributed by atoms with E-state index in [2.05, 4.69) is 24.5 Å². The van der Waals surface area contributed by atoms with Gasteiger partial charge in [0.05, 0.1) is 20.1 Å². The second-order valence-electron chi connectivity index (χ2n) is 9.23. The molecule has 3 saturated heterocycles. The summed E-state index contributed by atoms with van der Waals surface area (Å²) in [4.78, 5) is 31.3. The molecule has 0 unspecified atom stereocenters. The van der Waals surface area contributed by atoms with Gasteiger partial charge in [0.15, 0.2) is 18.2 Å². The number of imide groups is 1. The number of carbonyl (C=O) groups is 2. The van der Waals surface area contributed by atoms with Crippen molar-refractivity contribution < 1.29 is 33.8 Å². The van der Waals surface area contributed by atoms with E-state index < -0.39 is 5.54 Å². The number of fused-ring (bicyclic) bond motifs is 1. The Morgan fingerprint density at radius 3 is 2.47 bits per heavy atom. The third kappa shape index (κ3) is 3.61. The van der Waals surface area contributed by atoms with E-state index in [1.807, 2.05) is 6.07 Å². The minimum absolute atomic E-state index is 0.0114. The van der Waals surface area contributed by atoms with Gasteiger partial charge in [0, 0.05) is 18.4 Å². The Balaban J connectivity index is 1.14. The van der Waals surface area contributed by atoms with Gasteiger partial charge in [-0.2, -0.15) is 0 Å². The van der Waals surface area contributed by atoms with Crippen LogP contribution >= 0.6 is 0 Å². The fourth-order valence-corrected chi connectivity index (χ4v) is 5.12. The molecule has 1 aromatic rings. The van der Waals surface area contributed by atoms with Gasteiger partial charge < -0.3 is 29.5 Å². The number of piperidine rings is 1. The first-order valence-electron chi connectivity index (χ1n) is 11.0. The Hall–Kier alpha value is -2.36. The number of hydrogen-bond donors (Lipinski definition) is 4. The lowest BCUT2D eigenvalue weighted by Crippen LogP contribution is -3.28. The molecule has 1 spiro atoms. The van der Waals surface area contributed by atoms with Crippen molar-refractivity contribution in [3.8, 4) is 11.5 Å². The van der Waals surface area contributed by atoms with Gasteiger partial charge in [-0.25, -0.2) is 9.69 Å². The molecule has 5 rings (SSSR count). The van der Waals surface area contributed by atoms with Gasteiger partial charge in [0.1, 0.15) is 38.3 Å². The Labute approximate surface area is 176 Å². The number of hydrogen-bond acceptors (Lipinski definition) is 4. The van der Waals surface area contributed by atoms with Gasteiger partial charge in [-0.15, -0.1) is 0 Å². The quantitative estimate of drug-likeness (QED) is 0.379. The SMILES string of the molecule is C[NH+]1CCC2(CC1)NC(=O)N(C[NH+]1CC[NH+](Cc3ccc4c(c3)OCO4)CC1)C2=O. The second-order valence-corrected chi connectivity index (χ2v) is 9.23. The third-order valence-corrected chi connectivity index (χ3v) is 7.14. The van der Waals surface area contributed by atoms with Crippen molar-refractivity contribution in [2.24, 2.45) is 0 Å². The van der Waals surface area contributed by atoms with Crippen molar-refractivity contribution >= 4 is 11.9 Å². The molecule has 4 aliphatic rings. The zero-order valence-electron chi connectivity index (χ0n) is 17.6. The Morgan fingerprint density at radius 2 is 1.70 bits per heavy atom. The van der Waals surface area contributed by atoms with E-state index in [4.69, 9.17) is 9.47 Å². The number of carbonyl (C=O) groups excluding carboxylic acids is 2. The maximum atomic E-state index is 13.1. The van der Waals surface area contributed by atoms with Crippen molar-refractivity contribution in [2.75, 3.05) is 59.8 Å². The van der Waals surface area contributed by atoms with Gasteiger partial charge >= 0.3 is 6.03 Å². The number of amides is 3. The van der Waals surface area contributed by atoms with Crippen LogP contribution in [-0.2, 0) is 11.3 Å². The van der Waals surface area contributed by atoms with Gasteiger partial charge in [0.25, 0.3) is 5.91 Å². The lowest BCUT2D eigenvalue weighted by atomic mass is 9.88. The maximum absolute atomic E-state index is 13.1. The molecule has 0 aliphatic carbocycles. The van der Waals surface area contributed by atoms with Crippen LogP contribution in [0.4, 0.5) is 4.79 Å². The number of urea groups is 1. The zero-order valence-corrected chi connectivity index (χ0v) is 17.6. The van der Waals surface area contributed by atoms with Crippen LogP contribution in [0.25, 0.3) is 0 Å². The summed E-state index contributed by atoms with van der Waals surface area (Å²) in [5.41, 5.74) is 0.598. The van der Waals surface area contributed by atoms with Crippen molar-refractivity contribution in [2.45, 2.75) is 24.9 Å². The lowest BCUT2D eigenvalue weighted by Gasteiger charge is -2.34. The van der Waals surface area contributed by atoms with E-state index in [-0.39, 0.29) is 11.9 Å². The van der Waals surface area contributed by atoms with E-state index in [0.29, 0.717) is 13.5 Å². The summed E-state index contributed by atoms with van der Waals surface area (Å²) in [6.07, 6.45) is 1.48. The van der Waals surface area contributed by atoms with E-state index in [9.17, 15) is 9.59 Å². The average Bonchev–Trinajstić information content (AvgIpc) is 3.30. The van der Waals surface area contributed by atoms with E-state index in [1.54, 1.807) is 0 Å². The first-order valence-corrected chi connectivity index (χ1v) is 11.0. The van der Waals surface area contributed by atoms with Crippen molar-refractivity contribution in [1.29, 1.82) is 0 Å². The van der Waals surface area contributed by atoms with Crippen LogP contribution in [0.1, 0.15) is 18.4 Å². The molecule has 0 atom stereocenters. The molecular weight excluding hydrogens is 386 g/mol. The van der Waals surface area contributed by atoms with Crippen LogP contribution in [0.5, 0.6) is 11.5 Å². The van der Waals surface area contributed by atoms with Crippen molar-refractivity contribution in [3.63, 3.8) is 0 Å². The molecule has 4 heterocycles. The number of benzene rings is 1. The molecule has 0 bridgehead atoms. The summed E-state index contributed by atoms with van der Waals surface area (Å²) < 4.78 is 10.9. The molecule has 30 heavy (non-hydrogen) atoms. The number of ether oxygens (including phenoxy) is 2.